The van der Waals surface area contributed by atoms with E-state index in [2.05, 4.69) is 10.2 Å². The van der Waals surface area contributed by atoms with Gasteiger partial charge in [-0.3, -0.25) is 9.69 Å². The minimum atomic E-state index is -0.477. The standard InChI is InChI=1S/C30H34N4O4S/c1-3-38-29(36)26-27(22-10-5-4-6-11-22)32-30-34(28(26)24-12-8-7-9-21(24)2)23(20-39-30)19-25(35)31-13-14-33-15-17-37-18-16-33/h4-12,20,28H,3,13-19H2,1-2H3,(H,31,35). The van der Waals surface area contributed by atoms with Gasteiger partial charge in [0.25, 0.3) is 0 Å². The van der Waals surface area contributed by atoms with Gasteiger partial charge in [0.05, 0.1) is 43.6 Å². The summed E-state index contributed by atoms with van der Waals surface area (Å²) in [6.45, 7) is 8.70. The number of carbonyl (C=O) groups excluding carboxylic acids is 2. The second kappa shape index (κ2) is 12.6. The third-order valence-electron chi connectivity index (χ3n) is 7.03. The first-order valence-corrected chi connectivity index (χ1v) is 14.3. The molecule has 1 saturated heterocycles. The zero-order chi connectivity index (χ0) is 27.2. The highest BCUT2D eigenvalue weighted by Crippen LogP contribution is 2.47. The van der Waals surface area contributed by atoms with E-state index >= 15 is 0 Å². The summed E-state index contributed by atoms with van der Waals surface area (Å²) in [7, 11) is 0. The molecule has 0 aliphatic carbocycles. The Morgan fingerprint density at radius 2 is 1.85 bits per heavy atom. The van der Waals surface area contributed by atoms with Gasteiger partial charge in [0.2, 0.25) is 5.91 Å². The fourth-order valence-electron chi connectivity index (χ4n) is 5.08. The fraction of sp³-hybridized carbons (Fsp3) is 0.367. The van der Waals surface area contributed by atoms with Gasteiger partial charge >= 0.3 is 5.97 Å². The van der Waals surface area contributed by atoms with Crippen molar-refractivity contribution >= 4 is 34.5 Å². The predicted octanol–water partition coefficient (Wildman–Crippen LogP) is 4.11. The van der Waals surface area contributed by atoms with Crippen molar-refractivity contribution in [2.75, 3.05) is 46.0 Å². The van der Waals surface area contributed by atoms with Crippen LogP contribution in [0.25, 0.3) is 5.70 Å². The molecule has 1 fully saturated rings. The summed E-state index contributed by atoms with van der Waals surface area (Å²) < 4.78 is 11.0. The smallest absolute Gasteiger partial charge is 0.338 e. The number of nitrogens with zero attached hydrogens (tertiary/aromatic N) is 3. The van der Waals surface area contributed by atoms with Crippen molar-refractivity contribution in [1.82, 2.24) is 15.1 Å². The fourth-order valence-corrected chi connectivity index (χ4v) is 6.00. The molecule has 8 nitrogen and oxygen atoms in total. The minimum absolute atomic E-state index is 0.0598. The molecule has 3 aliphatic heterocycles. The zero-order valence-electron chi connectivity index (χ0n) is 22.4. The highest BCUT2D eigenvalue weighted by molar-refractivity contribution is 8.16. The number of esters is 1. The molecule has 0 aromatic heterocycles. The number of morpholine rings is 1. The third-order valence-corrected chi connectivity index (χ3v) is 7.92. The topological polar surface area (TPSA) is 83.5 Å². The Labute approximate surface area is 233 Å². The number of thioether (sulfide) groups is 1. The average molecular weight is 547 g/mol. The first kappa shape index (κ1) is 27.2. The van der Waals surface area contributed by atoms with E-state index in [1.165, 1.54) is 11.8 Å². The van der Waals surface area contributed by atoms with Crippen LogP contribution in [-0.2, 0) is 19.1 Å². The van der Waals surface area contributed by atoms with E-state index in [4.69, 9.17) is 14.5 Å². The van der Waals surface area contributed by atoms with Crippen molar-refractivity contribution in [3.63, 3.8) is 0 Å². The van der Waals surface area contributed by atoms with E-state index in [0.29, 0.717) is 17.8 Å². The maximum absolute atomic E-state index is 13.6. The van der Waals surface area contributed by atoms with Gasteiger partial charge in [0.15, 0.2) is 5.17 Å². The monoisotopic (exact) mass is 546 g/mol. The van der Waals surface area contributed by atoms with Gasteiger partial charge in [-0.15, -0.1) is 0 Å². The number of ether oxygens (including phenoxy) is 2. The molecule has 5 rings (SSSR count). The van der Waals surface area contributed by atoms with Crippen LogP contribution >= 0.6 is 11.8 Å². The number of hydrogen-bond acceptors (Lipinski definition) is 8. The number of aliphatic imine (C=N–C) groups is 1. The summed E-state index contributed by atoms with van der Waals surface area (Å²) in [6, 6.07) is 17.3. The molecule has 39 heavy (non-hydrogen) atoms. The van der Waals surface area contributed by atoms with Crippen molar-refractivity contribution < 1.29 is 19.1 Å². The molecule has 1 N–H and O–H groups in total. The van der Waals surface area contributed by atoms with Crippen LogP contribution in [0.4, 0.5) is 0 Å². The van der Waals surface area contributed by atoms with Crippen LogP contribution in [0, 0.1) is 6.92 Å². The van der Waals surface area contributed by atoms with Crippen LogP contribution in [0.1, 0.15) is 36.1 Å². The summed E-state index contributed by atoms with van der Waals surface area (Å²) in [5.74, 6) is -0.464. The Hall–Kier alpha value is -3.40. The van der Waals surface area contributed by atoms with Gasteiger partial charge in [-0.1, -0.05) is 66.4 Å². The lowest BCUT2D eigenvalue weighted by Gasteiger charge is -2.37. The lowest BCUT2D eigenvalue weighted by molar-refractivity contribution is -0.139. The molecular formula is C30H34N4O4S. The molecule has 3 heterocycles. The number of amides is 1. The molecule has 1 unspecified atom stereocenters. The Kier molecular flexibility index (Phi) is 8.81. The minimum Gasteiger partial charge on any atom is -0.463 e. The maximum Gasteiger partial charge on any atom is 0.338 e. The number of carbonyl (C=O) groups is 2. The largest absolute Gasteiger partial charge is 0.463 e. The van der Waals surface area contributed by atoms with Gasteiger partial charge in [0, 0.05) is 37.4 Å². The van der Waals surface area contributed by atoms with E-state index < -0.39 is 12.0 Å². The second-order valence-electron chi connectivity index (χ2n) is 9.58. The summed E-state index contributed by atoms with van der Waals surface area (Å²) >= 11 is 1.48. The molecule has 2 aromatic rings. The number of aryl methyl sites for hydroxylation is 1. The molecule has 0 radical (unpaired) electrons. The predicted molar refractivity (Wildman–Crippen MR) is 154 cm³/mol. The van der Waals surface area contributed by atoms with Crippen molar-refractivity contribution in [2.24, 2.45) is 4.99 Å². The van der Waals surface area contributed by atoms with Crippen LogP contribution < -0.4 is 5.32 Å². The summed E-state index contributed by atoms with van der Waals surface area (Å²) in [6.07, 6.45) is 0.189. The molecule has 0 bridgehead atoms. The van der Waals surface area contributed by atoms with Crippen LogP contribution in [0.2, 0.25) is 0 Å². The van der Waals surface area contributed by atoms with Crippen LogP contribution in [0.15, 0.2) is 76.3 Å². The van der Waals surface area contributed by atoms with E-state index in [9.17, 15) is 9.59 Å². The number of benzene rings is 2. The molecule has 1 amide bonds. The van der Waals surface area contributed by atoms with Gasteiger partial charge < -0.3 is 19.7 Å². The Morgan fingerprint density at radius 1 is 1.10 bits per heavy atom. The van der Waals surface area contributed by atoms with Gasteiger partial charge in [-0.25, -0.2) is 9.79 Å². The first-order chi connectivity index (χ1) is 19.1. The van der Waals surface area contributed by atoms with E-state index in [1.807, 2.05) is 71.8 Å². The molecule has 0 spiro atoms. The Morgan fingerprint density at radius 3 is 2.59 bits per heavy atom. The first-order valence-electron chi connectivity index (χ1n) is 13.4. The third kappa shape index (κ3) is 6.11. The highest BCUT2D eigenvalue weighted by Gasteiger charge is 2.42. The van der Waals surface area contributed by atoms with E-state index in [-0.39, 0.29) is 18.9 Å². The van der Waals surface area contributed by atoms with Gasteiger partial charge in [-0.05, 0) is 30.4 Å². The number of fused-ring (bicyclic) bond motifs is 1. The van der Waals surface area contributed by atoms with Crippen molar-refractivity contribution in [1.29, 1.82) is 0 Å². The average Bonchev–Trinajstić information content (AvgIpc) is 3.35. The van der Waals surface area contributed by atoms with E-state index in [0.717, 1.165) is 60.4 Å². The molecule has 9 heteroatoms. The Bertz CT molecular complexity index is 1300. The second-order valence-corrected chi connectivity index (χ2v) is 10.4. The maximum atomic E-state index is 13.6. The van der Waals surface area contributed by atoms with Crippen molar-refractivity contribution in [3.8, 4) is 0 Å². The summed E-state index contributed by atoms with van der Waals surface area (Å²) in [4.78, 5) is 35.9. The summed E-state index contributed by atoms with van der Waals surface area (Å²) in [5.41, 5.74) is 4.76. The SMILES string of the molecule is CCOC(=O)C1=C(c2ccccc2)N=C2SC=C(CC(=O)NCCN3CCOCC3)N2C1c1ccccc1C. The zero-order valence-corrected chi connectivity index (χ0v) is 23.2. The van der Waals surface area contributed by atoms with Crippen LogP contribution in [0.5, 0.6) is 0 Å². The van der Waals surface area contributed by atoms with Crippen molar-refractivity contribution in [3.05, 3.63) is 88.0 Å². The van der Waals surface area contributed by atoms with Crippen molar-refractivity contribution in [2.45, 2.75) is 26.3 Å². The van der Waals surface area contributed by atoms with Gasteiger partial charge in [-0.2, -0.15) is 0 Å². The lowest BCUT2D eigenvalue weighted by Crippen LogP contribution is -2.42. The number of nitrogens with one attached hydrogen (secondary N) is 1. The molecule has 2 aromatic carbocycles. The quantitative estimate of drug-likeness (QED) is 0.474. The summed E-state index contributed by atoms with van der Waals surface area (Å²) in [5, 5.41) is 5.78. The number of hydrogen-bond donors (Lipinski definition) is 1. The molecule has 204 valence electrons. The molecule has 1 atom stereocenters. The molecular weight excluding hydrogens is 512 g/mol. The highest BCUT2D eigenvalue weighted by atomic mass is 32.2. The van der Waals surface area contributed by atoms with Crippen LogP contribution in [0.3, 0.4) is 0 Å². The molecule has 0 saturated carbocycles. The van der Waals surface area contributed by atoms with Crippen LogP contribution in [-0.4, -0.2) is 72.8 Å². The van der Waals surface area contributed by atoms with Gasteiger partial charge in [0.1, 0.15) is 0 Å². The number of amidine groups is 1. The lowest BCUT2D eigenvalue weighted by atomic mass is 9.89. The normalized spacial score (nSPS) is 19.3. The molecule has 3 aliphatic rings. The van der Waals surface area contributed by atoms with E-state index in [1.54, 1.807) is 6.92 Å². The number of rotatable bonds is 9. The Balaban J connectivity index is 1.46.